The topological polar surface area (TPSA) is 50.7 Å². The zero-order valence-corrected chi connectivity index (χ0v) is 7.94. The third-order valence-corrected chi connectivity index (χ3v) is 1.90. The Bertz CT molecular complexity index is 418. The minimum atomic E-state index is 0.415. The maximum Gasteiger partial charge on any atom is 0.153 e. The highest BCUT2D eigenvalue weighted by Gasteiger charge is 2.00. The Labute approximate surface area is 86.0 Å². The fourth-order valence-electron chi connectivity index (χ4n) is 0.985. The van der Waals surface area contributed by atoms with Crippen LogP contribution < -0.4 is 5.32 Å². The minimum absolute atomic E-state index is 0.415. The van der Waals surface area contributed by atoms with Crippen molar-refractivity contribution in [2.75, 3.05) is 5.32 Å². The second-order valence-corrected chi connectivity index (χ2v) is 2.93. The largest absolute Gasteiger partial charge is 0.336 e. The van der Waals surface area contributed by atoms with Gasteiger partial charge < -0.3 is 5.32 Å². The Morgan fingerprint density at radius 2 is 2.00 bits per heavy atom. The standard InChI is InChI=1S/C9H7ClN4/c10-9-7(3-1-5-11-9)13-8-4-2-6-12-14-8/h1-6H,(H,13,14). The summed E-state index contributed by atoms with van der Waals surface area (Å²) in [5, 5.41) is 11.0. The highest BCUT2D eigenvalue weighted by atomic mass is 35.5. The lowest BCUT2D eigenvalue weighted by atomic mass is 10.4. The van der Waals surface area contributed by atoms with Gasteiger partial charge in [0.05, 0.1) is 5.69 Å². The maximum absolute atomic E-state index is 5.85. The summed E-state index contributed by atoms with van der Waals surface area (Å²) in [6, 6.07) is 7.21. The van der Waals surface area contributed by atoms with E-state index in [9.17, 15) is 0 Å². The van der Waals surface area contributed by atoms with Gasteiger partial charge in [-0.05, 0) is 24.3 Å². The van der Waals surface area contributed by atoms with Crippen molar-refractivity contribution in [1.82, 2.24) is 15.2 Å². The molecule has 2 heterocycles. The summed E-state index contributed by atoms with van der Waals surface area (Å²) in [7, 11) is 0. The van der Waals surface area contributed by atoms with Crippen LogP contribution in [-0.4, -0.2) is 15.2 Å². The second kappa shape index (κ2) is 4.02. The highest BCUT2D eigenvalue weighted by Crippen LogP contribution is 2.20. The summed E-state index contributed by atoms with van der Waals surface area (Å²) < 4.78 is 0. The molecule has 0 aliphatic carbocycles. The van der Waals surface area contributed by atoms with Crippen molar-refractivity contribution in [3.8, 4) is 0 Å². The van der Waals surface area contributed by atoms with E-state index in [2.05, 4.69) is 20.5 Å². The minimum Gasteiger partial charge on any atom is -0.336 e. The Morgan fingerprint density at radius 3 is 2.71 bits per heavy atom. The average molecular weight is 207 g/mol. The molecule has 14 heavy (non-hydrogen) atoms. The quantitative estimate of drug-likeness (QED) is 0.766. The summed E-state index contributed by atoms with van der Waals surface area (Å²) >= 11 is 5.85. The number of hydrogen-bond acceptors (Lipinski definition) is 4. The zero-order valence-electron chi connectivity index (χ0n) is 7.18. The molecular weight excluding hydrogens is 200 g/mol. The smallest absolute Gasteiger partial charge is 0.153 e. The van der Waals surface area contributed by atoms with Crippen LogP contribution in [0.25, 0.3) is 0 Å². The molecular formula is C9H7ClN4. The van der Waals surface area contributed by atoms with Gasteiger partial charge in [0.15, 0.2) is 11.0 Å². The number of aromatic nitrogens is 3. The molecule has 0 aliphatic heterocycles. The van der Waals surface area contributed by atoms with Gasteiger partial charge in [-0.1, -0.05) is 11.6 Å². The fraction of sp³-hybridized carbons (Fsp3) is 0. The average Bonchev–Trinajstić information content (AvgIpc) is 2.23. The molecule has 70 valence electrons. The molecule has 0 radical (unpaired) electrons. The lowest BCUT2D eigenvalue weighted by Crippen LogP contribution is -1.95. The lowest BCUT2D eigenvalue weighted by molar-refractivity contribution is 1.04. The number of nitrogens with zero attached hydrogens (tertiary/aromatic N) is 3. The molecule has 0 aromatic carbocycles. The molecule has 2 aromatic heterocycles. The van der Waals surface area contributed by atoms with Crippen LogP contribution in [0, 0.1) is 0 Å². The van der Waals surface area contributed by atoms with E-state index in [1.807, 2.05) is 6.07 Å². The van der Waals surface area contributed by atoms with Crippen LogP contribution in [0.3, 0.4) is 0 Å². The van der Waals surface area contributed by atoms with Crippen LogP contribution in [-0.2, 0) is 0 Å². The molecule has 4 nitrogen and oxygen atoms in total. The molecule has 0 saturated carbocycles. The molecule has 0 bridgehead atoms. The molecule has 0 amide bonds. The van der Waals surface area contributed by atoms with Crippen molar-refractivity contribution in [2.45, 2.75) is 0 Å². The second-order valence-electron chi connectivity index (χ2n) is 2.58. The number of anilines is 2. The van der Waals surface area contributed by atoms with Crippen molar-refractivity contribution in [1.29, 1.82) is 0 Å². The Morgan fingerprint density at radius 1 is 1.14 bits per heavy atom. The Balaban J connectivity index is 2.24. The van der Waals surface area contributed by atoms with Crippen LogP contribution in [0.15, 0.2) is 36.7 Å². The molecule has 1 N–H and O–H groups in total. The van der Waals surface area contributed by atoms with Gasteiger partial charge in [-0.25, -0.2) is 4.98 Å². The lowest BCUT2D eigenvalue weighted by Gasteiger charge is -2.04. The summed E-state index contributed by atoms with van der Waals surface area (Å²) in [6.07, 6.45) is 3.24. The van der Waals surface area contributed by atoms with Gasteiger partial charge in [0.25, 0.3) is 0 Å². The van der Waals surface area contributed by atoms with Crippen molar-refractivity contribution in [3.05, 3.63) is 41.8 Å². The van der Waals surface area contributed by atoms with Gasteiger partial charge in [-0.15, -0.1) is 5.10 Å². The highest BCUT2D eigenvalue weighted by molar-refractivity contribution is 6.32. The van der Waals surface area contributed by atoms with Crippen molar-refractivity contribution in [2.24, 2.45) is 0 Å². The monoisotopic (exact) mass is 206 g/mol. The summed E-state index contributed by atoms with van der Waals surface area (Å²) in [4.78, 5) is 3.93. The van der Waals surface area contributed by atoms with E-state index in [1.54, 1.807) is 30.6 Å². The van der Waals surface area contributed by atoms with Crippen molar-refractivity contribution in [3.63, 3.8) is 0 Å². The maximum atomic E-state index is 5.85. The first-order valence-corrected chi connectivity index (χ1v) is 4.39. The molecule has 0 saturated heterocycles. The molecule has 0 fully saturated rings. The number of hydrogen-bond donors (Lipinski definition) is 1. The first-order chi connectivity index (χ1) is 6.86. The van der Waals surface area contributed by atoms with Gasteiger partial charge in [-0.2, -0.15) is 5.10 Å². The number of pyridine rings is 1. The van der Waals surface area contributed by atoms with Crippen LogP contribution in [0.2, 0.25) is 5.15 Å². The van der Waals surface area contributed by atoms with Gasteiger partial charge >= 0.3 is 0 Å². The molecule has 0 unspecified atom stereocenters. The molecule has 5 heteroatoms. The zero-order chi connectivity index (χ0) is 9.80. The van der Waals surface area contributed by atoms with Gasteiger partial charge in [0.1, 0.15) is 0 Å². The molecule has 0 atom stereocenters. The van der Waals surface area contributed by atoms with Crippen molar-refractivity contribution < 1.29 is 0 Å². The van der Waals surface area contributed by atoms with E-state index < -0.39 is 0 Å². The van der Waals surface area contributed by atoms with Gasteiger partial charge in [0.2, 0.25) is 0 Å². The summed E-state index contributed by atoms with van der Waals surface area (Å²) in [6.45, 7) is 0. The molecule has 0 aliphatic rings. The van der Waals surface area contributed by atoms with E-state index in [0.29, 0.717) is 11.0 Å². The third-order valence-electron chi connectivity index (χ3n) is 1.59. The van der Waals surface area contributed by atoms with Gasteiger partial charge in [-0.3, -0.25) is 0 Å². The number of rotatable bonds is 2. The molecule has 2 rings (SSSR count). The van der Waals surface area contributed by atoms with E-state index in [4.69, 9.17) is 11.6 Å². The summed E-state index contributed by atoms with van der Waals surface area (Å²) in [5.41, 5.74) is 0.717. The van der Waals surface area contributed by atoms with E-state index in [0.717, 1.165) is 5.69 Å². The fourth-order valence-corrected chi connectivity index (χ4v) is 1.15. The van der Waals surface area contributed by atoms with Crippen LogP contribution in [0.1, 0.15) is 0 Å². The normalized spacial score (nSPS) is 9.79. The van der Waals surface area contributed by atoms with Crippen LogP contribution in [0.4, 0.5) is 11.5 Å². The first kappa shape index (κ1) is 8.90. The molecule has 2 aromatic rings. The Kier molecular flexibility index (Phi) is 2.55. The predicted octanol–water partition coefficient (Wildman–Crippen LogP) is 2.27. The van der Waals surface area contributed by atoms with Crippen LogP contribution >= 0.6 is 11.6 Å². The predicted molar refractivity (Wildman–Crippen MR) is 54.6 cm³/mol. The number of nitrogens with one attached hydrogen (secondary N) is 1. The first-order valence-electron chi connectivity index (χ1n) is 4.01. The Hall–Kier alpha value is -1.68. The van der Waals surface area contributed by atoms with E-state index in [1.165, 1.54) is 0 Å². The van der Waals surface area contributed by atoms with Gasteiger partial charge in [0, 0.05) is 12.4 Å². The van der Waals surface area contributed by atoms with Crippen LogP contribution in [0.5, 0.6) is 0 Å². The van der Waals surface area contributed by atoms with Crippen molar-refractivity contribution >= 4 is 23.1 Å². The van der Waals surface area contributed by atoms with E-state index in [-0.39, 0.29) is 0 Å². The van der Waals surface area contributed by atoms with E-state index >= 15 is 0 Å². The number of halogens is 1. The summed E-state index contributed by atoms with van der Waals surface area (Å²) in [5.74, 6) is 0.641. The third kappa shape index (κ3) is 1.97. The molecule has 0 spiro atoms. The SMILES string of the molecule is Clc1ncccc1Nc1cccnn1.